The molecular formula is C21H21N3O. The second kappa shape index (κ2) is 5.74. The third kappa shape index (κ3) is 2.45. The summed E-state index contributed by atoms with van der Waals surface area (Å²) in [5, 5.41) is 5.81. The van der Waals surface area contributed by atoms with Crippen molar-refractivity contribution in [3.8, 4) is 0 Å². The van der Waals surface area contributed by atoms with Crippen LogP contribution in [0.2, 0.25) is 0 Å². The Kier molecular flexibility index (Phi) is 3.38. The van der Waals surface area contributed by atoms with Gasteiger partial charge in [-0.1, -0.05) is 18.2 Å². The molecule has 4 heteroatoms. The van der Waals surface area contributed by atoms with E-state index in [0.717, 1.165) is 0 Å². The van der Waals surface area contributed by atoms with Gasteiger partial charge in [-0.05, 0) is 48.6 Å². The predicted octanol–water partition coefficient (Wildman–Crippen LogP) is 4.12. The minimum Gasteiger partial charge on any atom is -0.362 e. The molecule has 5 rings (SSSR count). The van der Waals surface area contributed by atoms with Gasteiger partial charge < -0.3 is 14.6 Å². The number of fused-ring (bicyclic) bond motifs is 3. The maximum Gasteiger partial charge on any atom is 0.147 e. The second-order valence-electron chi connectivity index (χ2n) is 6.92. The van der Waals surface area contributed by atoms with Crippen molar-refractivity contribution in [3.63, 3.8) is 0 Å². The summed E-state index contributed by atoms with van der Waals surface area (Å²) in [4.78, 5) is 4.27. The summed E-state index contributed by atoms with van der Waals surface area (Å²) < 4.78 is 8.22. The number of rotatable bonds is 3. The molecular weight excluding hydrogens is 310 g/mol. The van der Waals surface area contributed by atoms with E-state index in [2.05, 4.69) is 64.5 Å². The standard InChI is InChI=1S/C21H21N3O/c1-24-19-9-10-22-13-18(19)17-7-5-14(11-20(17)24)15-6-8-21(23-12-15)25-16-3-2-4-16/h5-13,16,21,23H,2-4H2,1H3. The first kappa shape index (κ1) is 14.7. The maximum absolute atomic E-state index is 5.99. The van der Waals surface area contributed by atoms with E-state index in [0.29, 0.717) is 6.10 Å². The van der Waals surface area contributed by atoms with Crippen LogP contribution < -0.4 is 5.32 Å². The molecule has 0 saturated heterocycles. The number of nitrogens with one attached hydrogen (secondary N) is 1. The highest BCUT2D eigenvalue weighted by atomic mass is 16.5. The van der Waals surface area contributed by atoms with Crippen molar-refractivity contribution in [2.45, 2.75) is 31.6 Å². The highest BCUT2D eigenvalue weighted by Gasteiger charge is 2.22. The number of hydrogen-bond acceptors (Lipinski definition) is 3. The van der Waals surface area contributed by atoms with Crippen molar-refractivity contribution in [1.29, 1.82) is 0 Å². The number of aromatic nitrogens is 2. The molecule has 25 heavy (non-hydrogen) atoms. The zero-order valence-corrected chi connectivity index (χ0v) is 14.3. The van der Waals surface area contributed by atoms with Gasteiger partial charge in [-0.2, -0.15) is 0 Å². The van der Waals surface area contributed by atoms with Crippen LogP contribution in [0, 0.1) is 0 Å². The van der Waals surface area contributed by atoms with Crippen LogP contribution in [0.15, 0.2) is 55.0 Å². The van der Waals surface area contributed by atoms with Crippen molar-refractivity contribution in [2.75, 3.05) is 0 Å². The Balaban J connectivity index is 1.46. The third-order valence-electron chi connectivity index (χ3n) is 5.39. The van der Waals surface area contributed by atoms with E-state index in [1.54, 1.807) is 0 Å². The lowest BCUT2D eigenvalue weighted by atomic mass is 9.96. The van der Waals surface area contributed by atoms with Gasteiger partial charge in [0.2, 0.25) is 0 Å². The maximum atomic E-state index is 5.99. The zero-order valence-electron chi connectivity index (χ0n) is 14.3. The number of benzene rings is 1. The molecule has 1 unspecified atom stereocenters. The quantitative estimate of drug-likeness (QED) is 0.784. The monoisotopic (exact) mass is 331 g/mol. The Bertz CT molecular complexity index is 1010. The second-order valence-corrected chi connectivity index (χ2v) is 6.92. The lowest BCUT2D eigenvalue weighted by molar-refractivity contribution is -0.0387. The van der Waals surface area contributed by atoms with E-state index >= 15 is 0 Å². The average Bonchev–Trinajstić information content (AvgIpc) is 2.91. The molecule has 1 saturated carbocycles. The number of hydrogen-bond donors (Lipinski definition) is 1. The SMILES string of the molecule is Cn1c2ccncc2c2ccc(C3=CNC(OC4CCC4)C=C3)cc21. The van der Waals surface area contributed by atoms with Crippen molar-refractivity contribution in [2.24, 2.45) is 7.05 Å². The van der Waals surface area contributed by atoms with Crippen LogP contribution in [0.3, 0.4) is 0 Å². The first-order valence-electron chi connectivity index (χ1n) is 8.92. The molecule has 1 aromatic carbocycles. The van der Waals surface area contributed by atoms with E-state index in [9.17, 15) is 0 Å². The predicted molar refractivity (Wildman–Crippen MR) is 101 cm³/mol. The molecule has 0 spiro atoms. The Labute approximate surface area is 146 Å². The molecule has 4 nitrogen and oxygen atoms in total. The fourth-order valence-corrected chi connectivity index (χ4v) is 3.68. The first-order valence-corrected chi connectivity index (χ1v) is 8.92. The number of pyridine rings is 1. The van der Waals surface area contributed by atoms with Gasteiger partial charge in [0.25, 0.3) is 0 Å². The molecule has 1 fully saturated rings. The molecule has 1 N–H and O–H groups in total. The van der Waals surface area contributed by atoms with Gasteiger partial charge in [-0.25, -0.2) is 0 Å². The topological polar surface area (TPSA) is 39.1 Å². The largest absolute Gasteiger partial charge is 0.362 e. The van der Waals surface area contributed by atoms with Crippen LogP contribution in [-0.4, -0.2) is 21.9 Å². The number of aryl methyl sites for hydroxylation is 1. The Hall–Kier alpha value is -2.59. The molecule has 2 aromatic heterocycles. The highest BCUT2D eigenvalue weighted by molar-refractivity contribution is 6.08. The van der Waals surface area contributed by atoms with E-state index < -0.39 is 0 Å². The fourth-order valence-electron chi connectivity index (χ4n) is 3.68. The van der Waals surface area contributed by atoms with Crippen LogP contribution in [-0.2, 0) is 11.8 Å². The summed E-state index contributed by atoms with van der Waals surface area (Å²) in [5.41, 5.74) is 4.82. The van der Waals surface area contributed by atoms with Gasteiger partial charge in [0.05, 0.1) is 11.6 Å². The highest BCUT2D eigenvalue weighted by Crippen LogP contribution is 2.31. The van der Waals surface area contributed by atoms with Crippen molar-refractivity contribution in [1.82, 2.24) is 14.9 Å². The minimum absolute atomic E-state index is 0.00137. The number of dihydropyridines is 1. The van der Waals surface area contributed by atoms with E-state index in [-0.39, 0.29) is 6.23 Å². The smallest absolute Gasteiger partial charge is 0.147 e. The van der Waals surface area contributed by atoms with Gasteiger partial charge in [0, 0.05) is 41.9 Å². The van der Waals surface area contributed by atoms with Crippen LogP contribution in [0.1, 0.15) is 24.8 Å². The number of nitrogens with zero attached hydrogens (tertiary/aromatic N) is 2. The molecule has 1 aliphatic heterocycles. The number of allylic oxidation sites excluding steroid dienone is 2. The van der Waals surface area contributed by atoms with Gasteiger partial charge >= 0.3 is 0 Å². The summed E-state index contributed by atoms with van der Waals surface area (Å²) in [7, 11) is 2.11. The van der Waals surface area contributed by atoms with Crippen molar-refractivity contribution >= 4 is 27.4 Å². The summed E-state index contributed by atoms with van der Waals surface area (Å²) in [6.07, 6.45) is 14.2. The Morgan fingerprint density at radius 2 is 2.08 bits per heavy atom. The normalized spacial score (nSPS) is 20.5. The summed E-state index contributed by atoms with van der Waals surface area (Å²) in [5.74, 6) is 0. The molecule has 3 heterocycles. The number of ether oxygens (including phenoxy) is 1. The van der Waals surface area contributed by atoms with Gasteiger partial charge in [-0.15, -0.1) is 0 Å². The lowest BCUT2D eigenvalue weighted by Crippen LogP contribution is -2.35. The van der Waals surface area contributed by atoms with E-state index in [4.69, 9.17) is 4.74 Å². The van der Waals surface area contributed by atoms with Gasteiger partial charge in [0.1, 0.15) is 6.23 Å². The van der Waals surface area contributed by atoms with Crippen LogP contribution in [0.5, 0.6) is 0 Å². The fraction of sp³-hybridized carbons (Fsp3) is 0.286. The molecule has 0 bridgehead atoms. The van der Waals surface area contributed by atoms with Crippen molar-refractivity contribution in [3.05, 3.63) is 60.6 Å². The van der Waals surface area contributed by atoms with Crippen LogP contribution in [0.4, 0.5) is 0 Å². The average molecular weight is 331 g/mol. The zero-order chi connectivity index (χ0) is 16.8. The van der Waals surface area contributed by atoms with E-state index in [1.165, 1.54) is 52.2 Å². The third-order valence-corrected chi connectivity index (χ3v) is 5.39. The van der Waals surface area contributed by atoms with Crippen LogP contribution in [0.25, 0.3) is 27.4 Å². The molecule has 1 atom stereocenters. The van der Waals surface area contributed by atoms with E-state index in [1.807, 2.05) is 12.4 Å². The lowest BCUT2D eigenvalue weighted by Gasteiger charge is -2.30. The Morgan fingerprint density at radius 1 is 1.16 bits per heavy atom. The molecule has 2 aliphatic rings. The van der Waals surface area contributed by atoms with Gasteiger partial charge in [0.15, 0.2) is 0 Å². The molecule has 0 radical (unpaired) electrons. The van der Waals surface area contributed by atoms with Gasteiger partial charge in [-0.3, -0.25) is 4.98 Å². The Morgan fingerprint density at radius 3 is 2.84 bits per heavy atom. The summed E-state index contributed by atoms with van der Waals surface area (Å²) in [6.45, 7) is 0. The molecule has 1 aliphatic carbocycles. The minimum atomic E-state index is 0.00137. The first-order chi connectivity index (χ1) is 12.3. The summed E-state index contributed by atoms with van der Waals surface area (Å²) >= 11 is 0. The van der Waals surface area contributed by atoms with Crippen LogP contribution >= 0.6 is 0 Å². The van der Waals surface area contributed by atoms with Crippen molar-refractivity contribution < 1.29 is 4.74 Å². The molecule has 0 amide bonds. The molecule has 126 valence electrons. The summed E-state index contributed by atoms with van der Waals surface area (Å²) in [6, 6.07) is 8.69. The molecule has 3 aromatic rings.